The van der Waals surface area contributed by atoms with Gasteiger partial charge in [0.1, 0.15) is 0 Å². The van der Waals surface area contributed by atoms with Gasteiger partial charge in [-0.1, -0.05) is 54.6 Å². The van der Waals surface area contributed by atoms with E-state index in [0.717, 1.165) is 28.8 Å². The summed E-state index contributed by atoms with van der Waals surface area (Å²) in [6, 6.07) is 25.7. The number of carbonyl (C=O) groups is 1. The number of sulfone groups is 1. The predicted octanol–water partition coefficient (Wildman–Crippen LogP) is 4.22. The Morgan fingerprint density at radius 2 is 1.59 bits per heavy atom. The average molecular weight is 446 g/mol. The maximum absolute atomic E-state index is 13.1. The van der Waals surface area contributed by atoms with Crippen molar-refractivity contribution in [3.8, 4) is 16.9 Å². The lowest BCUT2D eigenvalue weighted by molar-refractivity contribution is 0.0785. The number of nitrogens with zero attached hydrogens (tertiary/aromatic N) is 3. The molecule has 0 aliphatic rings. The van der Waals surface area contributed by atoms with Crippen LogP contribution < -0.4 is 0 Å². The molecule has 4 rings (SSSR count). The number of hydrogen-bond acceptors (Lipinski definition) is 4. The van der Waals surface area contributed by atoms with Gasteiger partial charge in [0, 0.05) is 42.7 Å². The van der Waals surface area contributed by atoms with E-state index < -0.39 is 9.84 Å². The van der Waals surface area contributed by atoms with Gasteiger partial charge < -0.3 is 4.90 Å². The second-order valence-electron chi connectivity index (χ2n) is 7.61. The fourth-order valence-electron chi connectivity index (χ4n) is 3.48. The third-order valence-corrected chi connectivity index (χ3v) is 6.23. The molecule has 0 radical (unpaired) electrons. The lowest BCUT2D eigenvalue weighted by Gasteiger charge is -2.17. The van der Waals surface area contributed by atoms with E-state index in [0.29, 0.717) is 12.1 Å². The standard InChI is InChI=1S/C25H23N3O3S/c1-27(25(29)20-12-9-15-23(16-20)32(2,30)31)17-21-18-28(22-13-7-4-8-14-22)26-24(21)19-10-5-3-6-11-19/h3-16,18H,17H2,1-2H3. The second kappa shape index (κ2) is 8.80. The summed E-state index contributed by atoms with van der Waals surface area (Å²) in [5, 5.41) is 4.78. The van der Waals surface area contributed by atoms with E-state index in [9.17, 15) is 13.2 Å². The highest BCUT2D eigenvalue weighted by Crippen LogP contribution is 2.25. The molecule has 4 aromatic rings. The van der Waals surface area contributed by atoms with Gasteiger partial charge in [-0.3, -0.25) is 4.79 Å². The van der Waals surface area contributed by atoms with Crippen LogP contribution in [0.5, 0.6) is 0 Å². The van der Waals surface area contributed by atoms with Gasteiger partial charge in [-0.05, 0) is 30.3 Å². The molecule has 162 valence electrons. The van der Waals surface area contributed by atoms with Crippen molar-refractivity contribution < 1.29 is 13.2 Å². The quantitative estimate of drug-likeness (QED) is 0.446. The van der Waals surface area contributed by atoms with Crippen molar-refractivity contribution in [2.75, 3.05) is 13.3 Å². The van der Waals surface area contributed by atoms with Gasteiger partial charge in [-0.15, -0.1) is 0 Å². The maximum Gasteiger partial charge on any atom is 0.253 e. The molecule has 0 N–H and O–H groups in total. The molecule has 0 saturated carbocycles. The van der Waals surface area contributed by atoms with E-state index in [2.05, 4.69) is 0 Å². The van der Waals surface area contributed by atoms with Crippen molar-refractivity contribution in [3.63, 3.8) is 0 Å². The molecule has 32 heavy (non-hydrogen) atoms. The molecule has 0 aliphatic heterocycles. The molecule has 0 spiro atoms. The summed E-state index contributed by atoms with van der Waals surface area (Å²) in [6.07, 6.45) is 3.05. The van der Waals surface area contributed by atoms with Crippen molar-refractivity contribution >= 4 is 15.7 Å². The maximum atomic E-state index is 13.1. The molecule has 1 amide bonds. The van der Waals surface area contributed by atoms with E-state index in [4.69, 9.17) is 5.10 Å². The first kappa shape index (κ1) is 21.5. The van der Waals surface area contributed by atoms with Crippen LogP contribution in [0.3, 0.4) is 0 Å². The Morgan fingerprint density at radius 3 is 2.25 bits per heavy atom. The van der Waals surface area contributed by atoms with Crippen LogP contribution in [0.1, 0.15) is 15.9 Å². The van der Waals surface area contributed by atoms with Crippen LogP contribution in [0.4, 0.5) is 0 Å². The van der Waals surface area contributed by atoms with E-state index in [1.807, 2.05) is 66.9 Å². The highest BCUT2D eigenvalue weighted by Gasteiger charge is 2.19. The summed E-state index contributed by atoms with van der Waals surface area (Å²) in [4.78, 5) is 14.8. The Bertz CT molecular complexity index is 1350. The number of benzene rings is 3. The zero-order valence-corrected chi connectivity index (χ0v) is 18.7. The Morgan fingerprint density at radius 1 is 0.938 bits per heavy atom. The number of aromatic nitrogens is 2. The Balaban J connectivity index is 1.67. The summed E-state index contributed by atoms with van der Waals surface area (Å²) in [5.41, 5.74) is 3.88. The number of para-hydroxylation sites is 1. The van der Waals surface area contributed by atoms with E-state index in [1.54, 1.807) is 28.8 Å². The summed E-state index contributed by atoms with van der Waals surface area (Å²) in [7, 11) is -1.70. The van der Waals surface area contributed by atoms with Crippen LogP contribution in [-0.2, 0) is 16.4 Å². The van der Waals surface area contributed by atoms with Gasteiger partial charge in [-0.25, -0.2) is 13.1 Å². The number of amides is 1. The highest BCUT2D eigenvalue weighted by molar-refractivity contribution is 7.90. The lowest BCUT2D eigenvalue weighted by Crippen LogP contribution is -2.26. The molecule has 0 fully saturated rings. The fourth-order valence-corrected chi connectivity index (χ4v) is 4.15. The first-order chi connectivity index (χ1) is 15.3. The average Bonchev–Trinajstić information content (AvgIpc) is 3.23. The van der Waals surface area contributed by atoms with E-state index in [-0.39, 0.29) is 10.8 Å². The molecular weight excluding hydrogens is 422 g/mol. The Hall–Kier alpha value is -3.71. The third kappa shape index (κ3) is 4.63. The molecular formula is C25H23N3O3S. The number of hydrogen-bond donors (Lipinski definition) is 0. The molecule has 1 aromatic heterocycles. The summed E-state index contributed by atoms with van der Waals surface area (Å²) < 4.78 is 25.5. The normalized spacial score (nSPS) is 11.3. The van der Waals surface area contributed by atoms with Crippen molar-refractivity contribution in [2.24, 2.45) is 0 Å². The molecule has 0 aliphatic carbocycles. The number of carbonyl (C=O) groups excluding carboxylic acids is 1. The van der Waals surface area contributed by atoms with Crippen LogP contribution >= 0.6 is 0 Å². The first-order valence-electron chi connectivity index (χ1n) is 10.1. The Kier molecular flexibility index (Phi) is 5.92. The van der Waals surface area contributed by atoms with Gasteiger partial charge in [0.05, 0.1) is 16.3 Å². The SMILES string of the molecule is CN(Cc1cn(-c2ccccc2)nc1-c1ccccc1)C(=O)c1cccc(S(C)(=O)=O)c1. The van der Waals surface area contributed by atoms with Crippen LogP contribution in [0.2, 0.25) is 0 Å². The zero-order valence-electron chi connectivity index (χ0n) is 17.8. The van der Waals surface area contributed by atoms with Crippen LogP contribution in [0.15, 0.2) is 96.0 Å². The van der Waals surface area contributed by atoms with Gasteiger partial charge in [0.25, 0.3) is 5.91 Å². The van der Waals surface area contributed by atoms with E-state index in [1.165, 1.54) is 12.1 Å². The predicted molar refractivity (Wildman–Crippen MR) is 124 cm³/mol. The minimum absolute atomic E-state index is 0.124. The molecule has 7 heteroatoms. The second-order valence-corrected chi connectivity index (χ2v) is 9.63. The topological polar surface area (TPSA) is 72.3 Å². The van der Waals surface area contributed by atoms with E-state index >= 15 is 0 Å². The number of rotatable bonds is 6. The smallest absolute Gasteiger partial charge is 0.253 e. The fraction of sp³-hybridized carbons (Fsp3) is 0.120. The van der Waals surface area contributed by atoms with Crippen molar-refractivity contribution in [1.29, 1.82) is 0 Å². The minimum Gasteiger partial charge on any atom is -0.337 e. The molecule has 0 bridgehead atoms. The van der Waals surface area contributed by atoms with Crippen molar-refractivity contribution in [3.05, 3.63) is 102 Å². The zero-order chi connectivity index (χ0) is 22.7. The Labute approximate surface area is 187 Å². The summed E-state index contributed by atoms with van der Waals surface area (Å²) in [6.45, 7) is 0.318. The highest BCUT2D eigenvalue weighted by atomic mass is 32.2. The molecule has 6 nitrogen and oxygen atoms in total. The van der Waals surface area contributed by atoms with Gasteiger partial charge >= 0.3 is 0 Å². The van der Waals surface area contributed by atoms with Gasteiger partial charge in [0.2, 0.25) is 0 Å². The minimum atomic E-state index is -3.40. The van der Waals surface area contributed by atoms with Gasteiger partial charge in [0.15, 0.2) is 9.84 Å². The molecule has 0 atom stereocenters. The monoisotopic (exact) mass is 445 g/mol. The first-order valence-corrected chi connectivity index (χ1v) is 12.0. The largest absolute Gasteiger partial charge is 0.337 e. The summed E-state index contributed by atoms with van der Waals surface area (Å²) in [5.74, 6) is -0.262. The van der Waals surface area contributed by atoms with Crippen molar-refractivity contribution in [2.45, 2.75) is 11.4 Å². The molecule has 0 saturated heterocycles. The van der Waals surface area contributed by atoms with Gasteiger partial charge in [-0.2, -0.15) is 5.10 Å². The lowest BCUT2D eigenvalue weighted by atomic mass is 10.1. The van der Waals surface area contributed by atoms with Crippen LogP contribution in [-0.4, -0.2) is 42.3 Å². The molecule has 3 aromatic carbocycles. The summed E-state index contributed by atoms with van der Waals surface area (Å²) >= 11 is 0. The molecule has 0 unspecified atom stereocenters. The van der Waals surface area contributed by atoms with Crippen LogP contribution in [0.25, 0.3) is 16.9 Å². The van der Waals surface area contributed by atoms with Crippen molar-refractivity contribution in [1.82, 2.24) is 14.7 Å². The molecule has 1 heterocycles. The third-order valence-electron chi connectivity index (χ3n) is 5.12. The van der Waals surface area contributed by atoms with Crippen LogP contribution in [0, 0.1) is 0 Å².